The zero-order valence-electron chi connectivity index (χ0n) is 9.10. The molecule has 2 atom stereocenters. The number of ether oxygens (including phenoxy) is 1. The molecule has 0 aromatic rings. The molecule has 0 aromatic heterocycles. The van der Waals surface area contributed by atoms with Crippen molar-refractivity contribution in [1.82, 2.24) is 4.90 Å². The Morgan fingerprint density at radius 2 is 2.13 bits per heavy atom. The highest BCUT2D eigenvalue weighted by Crippen LogP contribution is 2.18. The molecule has 1 saturated heterocycles. The van der Waals surface area contributed by atoms with E-state index in [0.717, 1.165) is 6.42 Å². The van der Waals surface area contributed by atoms with Gasteiger partial charge in [-0.25, -0.2) is 0 Å². The average Bonchev–Trinajstić information content (AvgIpc) is 2.59. The molecule has 5 nitrogen and oxygen atoms in total. The second kappa shape index (κ2) is 5.11. The lowest BCUT2D eigenvalue weighted by Gasteiger charge is -2.26. The van der Waals surface area contributed by atoms with Gasteiger partial charge in [-0.05, 0) is 13.3 Å². The van der Waals surface area contributed by atoms with E-state index in [1.807, 2.05) is 6.92 Å². The summed E-state index contributed by atoms with van der Waals surface area (Å²) in [6, 6.07) is 0.0892. The first-order valence-electron chi connectivity index (χ1n) is 5.11. The third-order valence-electron chi connectivity index (χ3n) is 2.78. The molecule has 86 valence electrons. The number of hydrogen-bond acceptors (Lipinski definition) is 3. The van der Waals surface area contributed by atoms with E-state index < -0.39 is 5.97 Å². The maximum Gasteiger partial charge on any atom is 0.303 e. The lowest BCUT2D eigenvalue weighted by atomic mass is 10.1. The van der Waals surface area contributed by atoms with Crippen molar-refractivity contribution in [2.24, 2.45) is 0 Å². The van der Waals surface area contributed by atoms with Crippen molar-refractivity contribution in [3.8, 4) is 0 Å². The largest absolute Gasteiger partial charge is 0.481 e. The molecule has 0 aliphatic carbocycles. The van der Waals surface area contributed by atoms with Crippen LogP contribution in [0.5, 0.6) is 0 Å². The van der Waals surface area contributed by atoms with E-state index in [2.05, 4.69) is 0 Å². The summed E-state index contributed by atoms with van der Waals surface area (Å²) in [6.07, 6.45) is 0.834. The Hall–Kier alpha value is -1.10. The normalized spacial score (nSPS) is 25.2. The van der Waals surface area contributed by atoms with E-state index in [4.69, 9.17) is 9.84 Å². The topological polar surface area (TPSA) is 66.8 Å². The molecule has 2 unspecified atom stereocenters. The van der Waals surface area contributed by atoms with Crippen LogP contribution in [-0.4, -0.2) is 47.7 Å². The summed E-state index contributed by atoms with van der Waals surface area (Å²) in [5.41, 5.74) is 0. The molecule has 1 fully saturated rings. The van der Waals surface area contributed by atoms with Crippen molar-refractivity contribution in [2.45, 2.75) is 38.3 Å². The van der Waals surface area contributed by atoms with Gasteiger partial charge in [-0.2, -0.15) is 0 Å². The third kappa shape index (κ3) is 3.20. The summed E-state index contributed by atoms with van der Waals surface area (Å²) in [6.45, 7) is 2.60. The number of carbonyl (C=O) groups is 2. The van der Waals surface area contributed by atoms with Crippen molar-refractivity contribution in [3.05, 3.63) is 0 Å². The van der Waals surface area contributed by atoms with Gasteiger partial charge in [0, 0.05) is 20.1 Å². The predicted molar refractivity (Wildman–Crippen MR) is 53.5 cm³/mol. The maximum absolute atomic E-state index is 11.6. The molecule has 1 aliphatic rings. The first-order chi connectivity index (χ1) is 7.02. The molecule has 0 saturated carbocycles. The number of carboxylic acids is 1. The van der Waals surface area contributed by atoms with E-state index >= 15 is 0 Å². The quantitative estimate of drug-likeness (QED) is 0.741. The van der Waals surface area contributed by atoms with Gasteiger partial charge >= 0.3 is 5.97 Å². The summed E-state index contributed by atoms with van der Waals surface area (Å²) in [4.78, 5) is 23.5. The molecule has 0 aromatic carbocycles. The average molecular weight is 215 g/mol. The molecule has 0 spiro atoms. The number of amides is 1. The van der Waals surface area contributed by atoms with Gasteiger partial charge in [0.2, 0.25) is 5.91 Å². The number of carbonyl (C=O) groups excluding carboxylic acids is 1. The molecule has 0 radical (unpaired) electrons. The van der Waals surface area contributed by atoms with Crippen LogP contribution in [0.4, 0.5) is 0 Å². The van der Waals surface area contributed by atoms with Crippen molar-refractivity contribution < 1.29 is 19.4 Å². The van der Waals surface area contributed by atoms with Crippen LogP contribution in [-0.2, 0) is 14.3 Å². The number of carboxylic acid groups (broad SMARTS) is 1. The Morgan fingerprint density at radius 1 is 1.47 bits per heavy atom. The molecule has 1 rings (SSSR count). The highest BCUT2D eigenvalue weighted by Gasteiger charge is 2.30. The van der Waals surface area contributed by atoms with Crippen molar-refractivity contribution in [1.29, 1.82) is 0 Å². The fourth-order valence-corrected chi connectivity index (χ4v) is 1.80. The van der Waals surface area contributed by atoms with Gasteiger partial charge in [0.15, 0.2) is 0 Å². The Balaban J connectivity index is 2.41. The smallest absolute Gasteiger partial charge is 0.303 e. The van der Waals surface area contributed by atoms with Crippen molar-refractivity contribution in [2.75, 3.05) is 13.7 Å². The first kappa shape index (κ1) is 12.0. The van der Waals surface area contributed by atoms with E-state index in [9.17, 15) is 9.59 Å². The van der Waals surface area contributed by atoms with Crippen LogP contribution in [0, 0.1) is 0 Å². The van der Waals surface area contributed by atoms with Gasteiger partial charge in [0.25, 0.3) is 0 Å². The van der Waals surface area contributed by atoms with Gasteiger partial charge < -0.3 is 14.7 Å². The van der Waals surface area contributed by atoms with Gasteiger partial charge in [-0.3, -0.25) is 9.59 Å². The Morgan fingerprint density at radius 3 is 2.60 bits per heavy atom. The summed E-state index contributed by atoms with van der Waals surface area (Å²) in [5.74, 6) is -1.06. The standard InChI is InChI=1S/C10H17NO4/c1-7-8(5-6-15-7)11(2)9(12)3-4-10(13)14/h7-8H,3-6H2,1-2H3,(H,13,14). The lowest BCUT2D eigenvalue weighted by molar-refractivity contribution is -0.141. The lowest BCUT2D eigenvalue weighted by Crippen LogP contribution is -2.41. The zero-order chi connectivity index (χ0) is 11.4. The third-order valence-corrected chi connectivity index (χ3v) is 2.78. The fourth-order valence-electron chi connectivity index (χ4n) is 1.80. The SMILES string of the molecule is CC1OCCC1N(C)C(=O)CCC(=O)O. The van der Waals surface area contributed by atoms with Crippen LogP contribution in [0.2, 0.25) is 0 Å². The minimum Gasteiger partial charge on any atom is -0.481 e. The maximum atomic E-state index is 11.6. The number of hydrogen-bond donors (Lipinski definition) is 1. The Labute approximate surface area is 89.0 Å². The monoisotopic (exact) mass is 215 g/mol. The summed E-state index contributed by atoms with van der Waals surface area (Å²) in [7, 11) is 1.71. The molecular formula is C10H17NO4. The van der Waals surface area contributed by atoms with Gasteiger partial charge in [0.05, 0.1) is 18.6 Å². The predicted octanol–water partition coefficient (Wildman–Crippen LogP) is 0.487. The minimum absolute atomic E-state index is 0.0452. The first-order valence-corrected chi connectivity index (χ1v) is 5.11. The minimum atomic E-state index is -0.938. The van der Waals surface area contributed by atoms with Crippen LogP contribution >= 0.6 is 0 Å². The molecule has 0 bridgehead atoms. The number of likely N-dealkylation sites (N-methyl/N-ethyl adjacent to an activating group) is 1. The molecule has 1 N–H and O–H groups in total. The van der Waals surface area contributed by atoms with Crippen molar-refractivity contribution >= 4 is 11.9 Å². The van der Waals surface area contributed by atoms with Crippen LogP contribution in [0.15, 0.2) is 0 Å². The molecule has 1 heterocycles. The zero-order valence-corrected chi connectivity index (χ0v) is 9.10. The molecule has 1 amide bonds. The van der Waals surface area contributed by atoms with E-state index in [0.29, 0.717) is 6.61 Å². The fraction of sp³-hybridized carbons (Fsp3) is 0.800. The molecule has 1 aliphatic heterocycles. The summed E-state index contributed by atoms with van der Waals surface area (Å²) >= 11 is 0. The van der Waals surface area contributed by atoms with Crippen LogP contribution in [0.1, 0.15) is 26.2 Å². The Kier molecular flexibility index (Phi) is 4.08. The highest BCUT2D eigenvalue weighted by atomic mass is 16.5. The van der Waals surface area contributed by atoms with Gasteiger partial charge in [0.1, 0.15) is 0 Å². The number of aliphatic carboxylic acids is 1. The van der Waals surface area contributed by atoms with Crippen LogP contribution < -0.4 is 0 Å². The highest BCUT2D eigenvalue weighted by molar-refractivity contribution is 5.80. The van der Waals surface area contributed by atoms with Gasteiger partial charge in [-0.15, -0.1) is 0 Å². The van der Waals surface area contributed by atoms with Gasteiger partial charge in [-0.1, -0.05) is 0 Å². The van der Waals surface area contributed by atoms with E-state index in [-0.39, 0.29) is 30.9 Å². The van der Waals surface area contributed by atoms with Crippen LogP contribution in [0.3, 0.4) is 0 Å². The van der Waals surface area contributed by atoms with Crippen LogP contribution in [0.25, 0.3) is 0 Å². The van der Waals surface area contributed by atoms with E-state index in [1.54, 1.807) is 11.9 Å². The molecular weight excluding hydrogens is 198 g/mol. The summed E-state index contributed by atoms with van der Waals surface area (Å²) < 4.78 is 5.35. The molecule has 5 heteroatoms. The molecule has 15 heavy (non-hydrogen) atoms. The Bertz CT molecular complexity index is 254. The second-order valence-corrected chi connectivity index (χ2v) is 3.83. The number of nitrogens with zero attached hydrogens (tertiary/aromatic N) is 1. The van der Waals surface area contributed by atoms with Crippen molar-refractivity contribution in [3.63, 3.8) is 0 Å². The summed E-state index contributed by atoms with van der Waals surface area (Å²) in [5, 5.41) is 8.47. The number of rotatable bonds is 4. The van der Waals surface area contributed by atoms with E-state index in [1.165, 1.54) is 0 Å². The second-order valence-electron chi connectivity index (χ2n) is 3.83.